The van der Waals surface area contributed by atoms with Crippen molar-refractivity contribution in [2.45, 2.75) is 13.0 Å². The average Bonchev–Trinajstić information content (AvgIpc) is 2.39. The fourth-order valence-electron chi connectivity index (χ4n) is 2.03. The van der Waals surface area contributed by atoms with E-state index in [9.17, 15) is 4.79 Å². The number of amides is 1. The molecular weight excluding hydrogens is 254 g/mol. The smallest absolute Gasteiger partial charge is 0.407 e. The lowest BCUT2D eigenvalue weighted by Crippen LogP contribution is -3.07. The third-order valence-corrected chi connectivity index (χ3v) is 3.23. The van der Waals surface area contributed by atoms with Crippen molar-refractivity contribution in [2.75, 3.05) is 46.2 Å². The second kappa shape index (κ2) is 7.75. The number of benzene rings is 1. The topological polar surface area (TPSA) is 46.0 Å². The number of nitrogens with one attached hydrogen (secondary N) is 2. The number of rotatable bonds is 6. The minimum atomic E-state index is -0.358. The maximum absolute atomic E-state index is 11.4. The van der Waals surface area contributed by atoms with Crippen molar-refractivity contribution in [3.05, 3.63) is 29.8 Å². The Labute approximate surface area is 121 Å². The number of hydrogen-bond acceptors (Lipinski definition) is 3. The van der Waals surface area contributed by atoms with Gasteiger partial charge in [-0.05, 0) is 19.1 Å². The summed E-state index contributed by atoms with van der Waals surface area (Å²) >= 11 is 0. The van der Waals surface area contributed by atoms with E-state index in [2.05, 4.69) is 48.6 Å². The van der Waals surface area contributed by atoms with Gasteiger partial charge in [-0.15, -0.1) is 0 Å². The van der Waals surface area contributed by atoms with Crippen LogP contribution in [0.25, 0.3) is 0 Å². The molecule has 112 valence electrons. The minimum Gasteiger partial charge on any atom is -0.450 e. The maximum atomic E-state index is 11.4. The minimum absolute atomic E-state index is 0.204. The lowest BCUT2D eigenvalue weighted by molar-refractivity contribution is -0.890. The summed E-state index contributed by atoms with van der Waals surface area (Å²) in [5.41, 5.74) is 2.37. The highest BCUT2D eigenvalue weighted by atomic mass is 16.5. The molecule has 0 bridgehead atoms. The molecule has 1 atom stereocenters. The molecule has 0 heterocycles. The van der Waals surface area contributed by atoms with E-state index < -0.39 is 0 Å². The van der Waals surface area contributed by atoms with Gasteiger partial charge in [-0.25, -0.2) is 4.79 Å². The number of hydrogen-bond donors (Lipinski definition) is 2. The first-order chi connectivity index (χ1) is 9.45. The third kappa shape index (κ3) is 4.74. The lowest BCUT2D eigenvalue weighted by Gasteiger charge is -2.23. The standard InChI is InChI=1S/C15H25N3O2/c1-6-20-15(19)16-11-14(18(4)5)12-7-9-13(10-8-12)17(2)3/h7-10,14H,6,11H2,1-5H3,(H,16,19)/p+1/t14-/m0/s1. The molecule has 0 saturated carbocycles. The fourth-order valence-corrected chi connectivity index (χ4v) is 2.03. The van der Waals surface area contributed by atoms with Gasteiger partial charge >= 0.3 is 6.09 Å². The van der Waals surface area contributed by atoms with E-state index in [1.54, 1.807) is 6.92 Å². The van der Waals surface area contributed by atoms with E-state index in [0.717, 1.165) is 0 Å². The quantitative estimate of drug-likeness (QED) is 0.806. The molecule has 1 aromatic rings. The zero-order chi connectivity index (χ0) is 15.1. The summed E-state index contributed by atoms with van der Waals surface area (Å²) in [5, 5.41) is 2.81. The molecule has 0 radical (unpaired) electrons. The van der Waals surface area contributed by atoms with Crippen LogP contribution >= 0.6 is 0 Å². The lowest BCUT2D eigenvalue weighted by atomic mass is 10.1. The third-order valence-electron chi connectivity index (χ3n) is 3.23. The molecule has 0 saturated heterocycles. The Morgan fingerprint density at radius 1 is 1.30 bits per heavy atom. The molecule has 1 amide bonds. The van der Waals surface area contributed by atoms with Gasteiger partial charge in [0, 0.05) is 25.3 Å². The molecule has 0 fully saturated rings. The van der Waals surface area contributed by atoms with Gasteiger partial charge in [-0.2, -0.15) is 0 Å². The Bertz CT molecular complexity index is 416. The zero-order valence-electron chi connectivity index (χ0n) is 13.1. The molecule has 0 aliphatic carbocycles. The van der Waals surface area contributed by atoms with E-state index in [1.165, 1.54) is 16.2 Å². The van der Waals surface area contributed by atoms with E-state index in [1.807, 2.05) is 14.1 Å². The van der Waals surface area contributed by atoms with Gasteiger partial charge in [0.05, 0.1) is 27.2 Å². The summed E-state index contributed by atoms with van der Waals surface area (Å²) in [6.45, 7) is 2.75. The van der Waals surface area contributed by atoms with E-state index in [-0.39, 0.29) is 12.1 Å². The van der Waals surface area contributed by atoms with Crippen LogP contribution in [0.4, 0.5) is 10.5 Å². The first-order valence-corrected chi connectivity index (χ1v) is 6.93. The van der Waals surface area contributed by atoms with Crippen LogP contribution in [0.5, 0.6) is 0 Å². The molecular formula is C15H26N3O2+. The summed E-state index contributed by atoms with van der Waals surface area (Å²) < 4.78 is 4.89. The molecule has 0 aliphatic heterocycles. The SMILES string of the molecule is CCOC(=O)NC[C@@H](c1ccc(N(C)C)cc1)[NH+](C)C. The van der Waals surface area contributed by atoms with Crippen LogP contribution in [0.3, 0.4) is 0 Å². The Kier molecular flexibility index (Phi) is 6.31. The number of ether oxygens (including phenoxy) is 1. The predicted molar refractivity (Wildman–Crippen MR) is 81.3 cm³/mol. The van der Waals surface area contributed by atoms with Crippen LogP contribution in [0.15, 0.2) is 24.3 Å². The number of nitrogens with zero attached hydrogens (tertiary/aromatic N) is 1. The average molecular weight is 280 g/mol. The molecule has 0 spiro atoms. The van der Waals surface area contributed by atoms with Gasteiger partial charge in [-0.3, -0.25) is 0 Å². The highest BCUT2D eigenvalue weighted by molar-refractivity contribution is 5.67. The van der Waals surface area contributed by atoms with Crippen molar-refractivity contribution in [1.82, 2.24) is 5.32 Å². The van der Waals surface area contributed by atoms with E-state index in [4.69, 9.17) is 4.74 Å². The molecule has 1 rings (SSSR count). The Morgan fingerprint density at radius 2 is 1.90 bits per heavy atom. The van der Waals surface area contributed by atoms with Crippen LogP contribution < -0.4 is 15.1 Å². The maximum Gasteiger partial charge on any atom is 0.407 e. The largest absolute Gasteiger partial charge is 0.450 e. The Balaban J connectivity index is 2.73. The highest BCUT2D eigenvalue weighted by Crippen LogP contribution is 2.15. The van der Waals surface area contributed by atoms with E-state index >= 15 is 0 Å². The molecule has 0 aromatic heterocycles. The molecule has 2 N–H and O–H groups in total. The summed E-state index contributed by atoms with van der Waals surface area (Å²) in [5.74, 6) is 0. The van der Waals surface area contributed by atoms with Crippen molar-refractivity contribution in [2.24, 2.45) is 0 Å². The second-order valence-corrected chi connectivity index (χ2v) is 5.22. The van der Waals surface area contributed by atoms with Crippen molar-refractivity contribution < 1.29 is 14.4 Å². The van der Waals surface area contributed by atoms with Crippen LogP contribution in [-0.2, 0) is 4.74 Å². The van der Waals surface area contributed by atoms with Crippen LogP contribution in [0.1, 0.15) is 18.5 Å². The molecule has 5 nitrogen and oxygen atoms in total. The van der Waals surface area contributed by atoms with Gasteiger partial charge in [0.25, 0.3) is 0 Å². The Hall–Kier alpha value is -1.75. The Morgan fingerprint density at radius 3 is 2.35 bits per heavy atom. The first-order valence-electron chi connectivity index (χ1n) is 6.93. The molecule has 0 aliphatic rings. The molecule has 5 heteroatoms. The summed E-state index contributed by atoms with van der Waals surface area (Å²) in [4.78, 5) is 14.7. The van der Waals surface area contributed by atoms with Gasteiger partial charge in [0.15, 0.2) is 0 Å². The monoisotopic (exact) mass is 280 g/mol. The number of quaternary nitrogens is 1. The normalized spacial score (nSPS) is 12.1. The van der Waals surface area contributed by atoms with Crippen molar-refractivity contribution >= 4 is 11.8 Å². The molecule has 20 heavy (non-hydrogen) atoms. The first kappa shape index (κ1) is 16.3. The van der Waals surface area contributed by atoms with Crippen molar-refractivity contribution in [1.29, 1.82) is 0 Å². The number of carbonyl (C=O) groups excluding carboxylic acids is 1. The summed E-state index contributed by atoms with van der Waals surface area (Å²) in [6.07, 6.45) is -0.358. The molecule has 1 aromatic carbocycles. The van der Waals surface area contributed by atoms with Crippen LogP contribution in [0.2, 0.25) is 0 Å². The predicted octanol–water partition coefficient (Wildman–Crippen LogP) is 0.684. The summed E-state index contributed by atoms with van der Waals surface area (Å²) in [7, 11) is 8.20. The van der Waals surface area contributed by atoms with Gasteiger partial charge in [0.1, 0.15) is 6.04 Å². The molecule has 0 unspecified atom stereocenters. The fraction of sp³-hybridized carbons (Fsp3) is 0.533. The van der Waals surface area contributed by atoms with E-state index in [0.29, 0.717) is 13.2 Å². The van der Waals surface area contributed by atoms with Crippen LogP contribution in [-0.4, -0.2) is 47.4 Å². The zero-order valence-corrected chi connectivity index (χ0v) is 13.1. The summed E-state index contributed by atoms with van der Waals surface area (Å²) in [6, 6.07) is 8.61. The number of carbonyl (C=O) groups is 1. The van der Waals surface area contributed by atoms with Crippen molar-refractivity contribution in [3.63, 3.8) is 0 Å². The van der Waals surface area contributed by atoms with Crippen LogP contribution in [0, 0.1) is 0 Å². The number of alkyl carbamates (subject to hydrolysis) is 1. The second-order valence-electron chi connectivity index (χ2n) is 5.22. The number of anilines is 1. The van der Waals surface area contributed by atoms with Gasteiger partial charge in [0.2, 0.25) is 0 Å². The van der Waals surface area contributed by atoms with Gasteiger partial charge < -0.3 is 19.9 Å². The highest BCUT2D eigenvalue weighted by Gasteiger charge is 2.19. The van der Waals surface area contributed by atoms with Gasteiger partial charge in [-0.1, -0.05) is 12.1 Å². The van der Waals surface area contributed by atoms with Crippen molar-refractivity contribution in [3.8, 4) is 0 Å². The number of likely N-dealkylation sites (N-methyl/N-ethyl adjacent to an activating group) is 1.